The van der Waals surface area contributed by atoms with E-state index in [4.69, 9.17) is 14.5 Å². The highest BCUT2D eigenvalue weighted by Crippen LogP contribution is 2.40. The highest BCUT2D eigenvalue weighted by Gasteiger charge is 2.35. The number of thioether (sulfide) groups is 1. The van der Waals surface area contributed by atoms with Gasteiger partial charge < -0.3 is 14.6 Å². The fraction of sp³-hybridized carbons (Fsp3) is 0.273. The number of carbonyl (C=O) groups is 1. The summed E-state index contributed by atoms with van der Waals surface area (Å²) >= 11 is 1.50. The number of carbonyl (C=O) groups excluding carboxylic acids is 1. The molecule has 0 saturated heterocycles. The number of para-hydroxylation sites is 1. The number of phenolic OH excluding ortho intramolecular Hbond substituents is 1. The number of methoxy groups -OCH3 is 1. The molecule has 1 N–H and O–H groups in total. The Kier molecular flexibility index (Phi) is 6.49. The van der Waals surface area contributed by atoms with Crippen LogP contribution < -0.4 is 9.64 Å². The molecule has 1 aliphatic rings. The normalized spacial score (nSPS) is 16.5. The number of aliphatic imine (C=N–C) groups is 1. The van der Waals surface area contributed by atoms with Crippen LogP contribution in [0.1, 0.15) is 25.5 Å². The number of benzene rings is 2. The van der Waals surface area contributed by atoms with Gasteiger partial charge in [-0.05, 0) is 49.9 Å². The Bertz CT molecular complexity index is 957. The number of phenols is 1. The van der Waals surface area contributed by atoms with Gasteiger partial charge in [-0.25, -0.2) is 9.79 Å². The van der Waals surface area contributed by atoms with Gasteiger partial charge in [-0.1, -0.05) is 36.0 Å². The average Bonchev–Trinajstić information content (AvgIpc) is 2.74. The predicted octanol–water partition coefficient (Wildman–Crippen LogP) is 4.52. The molecule has 0 fully saturated rings. The lowest BCUT2D eigenvalue weighted by atomic mass is 9.95. The molecular weight excluding hydrogens is 388 g/mol. The van der Waals surface area contributed by atoms with Crippen molar-refractivity contribution in [3.8, 4) is 11.5 Å². The molecule has 1 unspecified atom stereocenters. The number of hydrogen-bond donors (Lipinski definition) is 1. The van der Waals surface area contributed by atoms with Crippen molar-refractivity contribution in [2.45, 2.75) is 19.9 Å². The standard InChI is InChI=1S/C22H24N2O4S/c1-5-28-21(26)19-14(2)24(16-9-7-6-8-10-16)22(29-4)23-20(19)15-11-12-17(25)18(13-15)27-3/h6-13,20,25H,5H2,1-4H3. The van der Waals surface area contributed by atoms with Crippen LogP contribution in [0.3, 0.4) is 0 Å². The zero-order valence-corrected chi connectivity index (χ0v) is 17.7. The third-order valence-electron chi connectivity index (χ3n) is 4.64. The molecular formula is C22H24N2O4S. The summed E-state index contributed by atoms with van der Waals surface area (Å²) in [7, 11) is 1.49. The molecule has 3 rings (SSSR count). The van der Waals surface area contributed by atoms with E-state index in [1.54, 1.807) is 25.1 Å². The number of nitrogens with zero attached hydrogens (tertiary/aromatic N) is 2. The first-order valence-corrected chi connectivity index (χ1v) is 10.5. The third-order valence-corrected chi connectivity index (χ3v) is 5.29. The topological polar surface area (TPSA) is 71.4 Å². The minimum Gasteiger partial charge on any atom is -0.504 e. The molecule has 2 aromatic rings. The molecule has 0 aliphatic carbocycles. The summed E-state index contributed by atoms with van der Waals surface area (Å²) in [4.78, 5) is 19.8. The lowest BCUT2D eigenvalue weighted by molar-refractivity contribution is -0.138. The van der Waals surface area contributed by atoms with Gasteiger partial charge in [0.25, 0.3) is 0 Å². The number of ether oxygens (including phenoxy) is 2. The van der Waals surface area contributed by atoms with E-state index in [9.17, 15) is 9.90 Å². The highest BCUT2D eigenvalue weighted by molar-refractivity contribution is 8.13. The van der Waals surface area contributed by atoms with Crippen LogP contribution in [-0.2, 0) is 9.53 Å². The first-order chi connectivity index (χ1) is 14.0. The van der Waals surface area contributed by atoms with Gasteiger partial charge in [0.2, 0.25) is 0 Å². The van der Waals surface area contributed by atoms with Crippen molar-refractivity contribution in [2.24, 2.45) is 4.99 Å². The molecule has 29 heavy (non-hydrogen) atoms. The van der Waals surface area contributed by atoms with Crippen molar-refractivity contribution in [3.05, 3.63) is 65.4 Å². The molecule has 0 spiro atoms. The van der Waals surface area contributed by atoms with Crippen LogP contribution in [0.15, 0.2) is 64.8 Å². The quantitative estimate of drug-likeness (QED) is 0.728. The van der Waals surface area contributed by atoms with Crippen molar-refractivity contribution >= 4 is 28.6 Å². The Hall–Kier alpha value is -2.93. The number of hydrogen-bond acceptors (Lipinski definition) is 7. The molecule has 2 aromatic carbocycles. The largest absolute Gasteiger partial charge is 0.504 e. The summed E-state index contributed by atoms with van der Waals surface area (Å²) < 4.78 is 10.6. The van der Waals surface area contributed by atoms with Crippen molar-refractivity contribution in [3.63, 3.8) is 0 Å². The lowest BCUT2D eigenvalue weighted by Gasteiger charge is -2.34. The molecule has 1 aliphatic heterocycles. The van der Waals surface area contributed by atoms with E-state index in [1.165, 1.54) is 18.9 Å². The summed E-state index contributed by atoms with van der Waals surface area (Å²) in [6, 6.07) is 14.2. The Morgan fingerprint density at radius 3 is 2.59 bits per heavy atom. The first kappa shape index (κ1) is 20.8. The van der Waals surface area contributed by atoms with Gasteiger partial charge in [0, 0.05) is 11.4 Å². The number of rotatable bonds is 5. The minimum atomic E-state index is -0.564. The van der Waals surface area contributed by atoms with E-state index < -0.39 is 12.0 Å². The zero-order valence-electron chi connectivity index (χ0n) is 16.9. The number of allylic oxidation sites excluding steroid dienone is 1. The summed E-state index contributed by atoms with van der Waals surface area (Å²) in [6.45, 7) is 3.95. The Balaban J connectivity index is 2.18. The maximum atomic E-state index is 12.9. The van der Waals surface area contributed by atoms with Crippen LogP contribution in [0.5, 0.6) is 11.5 Å². The number of aromatic hydroxyl groups is 1. The average molecular weight is 413 g/mol. The van der Waals surface area contributed by atoms with Crippen LogP contribution >= 0.6 is 11.8 Å². The summed E-state index contributed by atoms with van der Waals surface area (Å²) in [5, 5.41) is 10.7. The highest BCUT2D eigenvalue weighted by atomic mass is 32.2. The SMILES string of the molecule is CCOC(=O)C1=C(C)N(c2ccccc2)C(SC)=NC1c1ccc(O)c(OC)c1. The van der Waals surface area contributed by atoms with Gasteiger partial charge in [0.05, 0.1) is 19.3 Å². The maximum Gasteiger partial charge on any atom is 0.338 e. The molecule has 0 amide bonds. The van der Waals surface area contributed by atoms with Crippen LogP contribution in [0, 0.1) is 0 Å². The second kappa shape index (κ2) is 9.05. The maximum absolute atomic E-state index is 12.9. The smallest absolute Gasteiger partial charge is 0.338 e. The van der Waals surface area contributed by atoms with E-state index >= 15 is 0 Å². The fourth-order valence-electron chi connectivity index (χ4n) is 3.29. The van der Waals surface area contributed by atoms with E-state index in [0.717, 1.165) is 22.1 Å². The van der Waals surface area contributed by atoms with Crippen LogP contribution in [-0.4, -0.2) is 36.2 Å². The van der Waals surface area contributed by atoms with Crippen LogP contribution in [0.2, 0.25) is 0 Å². The summed E-state index contributed by atoms with van der Waals surface area (Å²) in [5.41, 5.74) is 2.87. The predicted molar refractivity (Wildman–Crippen MR) is 117 cm³/mol. The van der Waals surface area contributed by atoms with Gasteiger partial charge in [-0.15, -0.1) is 0 Å². The molecule has 1 heterocycles. The number of esters is 1. The van der Waals surface area contributed by atoms with Crippen molar-refractivity contribution < 1.29 is 19.4 Å². The van der Waals surface area contributed by atoms with Gasteiger partial charge in [0.1, 0.15) is 6.04 Å². The van der Waals surface area contributed by atoms with Gasteiger partial charge in [-0.3, -0.25) is 4.90 Å². The fourth-order valence-corrected chi connectivity index (χ4v) is 3.93. The van der Waals surface area contributed by atoms with E-state index in [2.05, 4.69) is 0 Å². The van der Waals surface area contributed by atoms with Gasteiger partial charge >= 0.3 is 5.97 Å². The third kappa shape index (κ3) is 4.10. The van der Waals surface area contributed by atoms with Crippen LogP contribution in [0.25, 0.3) is 0 Å². The van der Waals surface area contributed by atoms with E-state index in [-0.39, 0.29) is 12.4 Å². The summed E-state index contributed by atoms with van der Waals surface area (Å²) in [6.07, 6.45) is 1.95. The van der Waals surface area contributed by atoms with Gasteiger partial charge in [0.15, 0.2) is 16.7 Å². The Morgan fingerprint density at radius 1 is 1.24 bits per heavy atom. The van der Waals surface area contributed by atoms with Crippen molar-refractivity contribution in [2.75, 3.05) is 24.9 Å². The van der Waals surface area contributed by atoms with Crippen molar-refractivity contribution in [1.82, 2.24) is 0 Å². The molecule has 0 saturated carbocycles. The van der Waals surface area contributed by atoms with Gasteiger partial charge in [-0.2, -0.15) is 0 Å². The van der Waals surface area contributed by atoms with E-state index in [1.807, 2.05) is 48.4 Å². The molecule has 0 aromatic heterocycles. The molecule has 6 nitrogen and oxygen atoms in total. The minimum absolute atomic E-state index is 0.0328. The first-order valence-electron chi connectivity index (χ1n) is 9.23. The molecule has 0 radical (unpaired) electrons. The second-order valence-electron chi connectivity index (χ2n) is 6.34. The Labute approximate surface area is 174 Å². The molecule has 1 atom stereocenters. The monoisotopic (exact) mass is 412 g/mol. The number of amidine groups is 1. The number of anilines is 1. The van der Waals surface area contributed by atoms with Crippen molar-refractivity contribution in [1.29, 1.82) is 0 Å². The second-order valence-corrected chi connectivity index (χ2v) is 7.11. The zero-order chi connectivity index (χ0) is 21.0. The van der Waals surface area contributed by atoms with Crippen LogP contribution in [0.4, 0.5) is 5.69 Å². The molecule has 7 heteroatoms. The van der Waals surface area contributed by atoms with E-state index in [0.29, 0.717) is 11.3 Å². The summed E-state index contributed by atoms with van der Waals surface area (Å²) in [5.74, 6) is -0.0490. The molecule has 0 bridgehead atoms. The molecule has 152 valence electrons. The Morgan fingerprint density at radius 2 is 1.97 bits per heavy atom. The lowest BCUT2D eigenvalue weighted by Crippen LogP contribution is -2.35.